The number of aliphatic hydroxyl groups is 1. The van der Waals surface area contributed by atoms with E-state index < -0.39 is 19.0 Å². The Labute approximate surface area is 190 Å². The van der Waals surface area contributed by atoms with Crippen molar-refractivity contribution < 1.29 is 18.9 Å². The summed E-state index contributed by atoms with van der Waals surface area (Å²) in [5, 5.41) is 14.4. The number of nitrogens with two attached hydrogens (primary N) is 1. The van der Waals surface area contributed by atoms with Gasteiger partial charge in [-0.1, -0.05) is 18.2 Å². The SMILES string of the molecule is CC1(O)CC(CO[P+](=S)Oc2ccccc2)OC1n1cnc2c(NC3CC3)nc(N)nc21. The summed E-state index contributed by atoms with van der Waals surface area (Å²) in [7, 11) is -1.55. The molecule has 2 fully saturated rings. The quantitative estimate of drug-likeness (QED) is 0.418. The number of rotatable bonds is 8. The molecule has 1 saturated heterocycles. The van der Waals surface area contributed by atoms with Crippen LogP contribution in [-0.4, -0.2) is 49.0 Å². The molecular formula is C20H24N6O4PS+. The summed E-state index contributed by atoms with van der Waals surface area (Å²) >= 11 is 5.30. The molecule has 1 aliphatic heterocycles. The maximum absolute atomic E-state index is 11.1. The molecule has 5 rings (SSSR count). The Kier molecular flexibility index (Phi) is 5.68. The Morgan fingerprint density at radius 2 is 2.12 bits per heavy atom. The first kappa shape index (κ1) is 21.4. The molecule has 2 aromatic heterocycles. The van der Waals surface area contributed by atoms with Crippen molar-refractivity contribution in [2.75, 3.05) is 17.7 Å². The fourth-order valence-electron chi connectivity index (χ4n) is 3.77. The first-order chi connectivity index (χ1) is 15.4. The molecule has 0 radical (unpaired) electrons. The molecule has 2 aliphatic rings. The van der Waals surface area contributed by atoms with Crippen LogP contribution in [0.5, 0.6) is 5.75 Å². The highest BCUT2D eigenvalue weighted by Gasteiger charge is 2.46. The summed E-state index contributed by atoms with van der Waals surface area (Å²) in [5.74, 6) is 1.39. The van der Waals surface area contributed by atoms with Crippen LogP contribution in [0.3, 0.4) is 0 Å². The lowest BCUT2D eigenvalue weighted by molar-refractivity contribution is -0.0838. The fraction of sp³-hybridized carbons (Fsp3) is 0.450. The fourth-order valence-corrected chi connectivity index (χ4v) is 4.84. The Hall–Kier alpha value is -2.43. The van der Waals surface area contributed by atoms with E-state index in [1.165, 1.54) is 0 Å². The van der Waals surface area contributed by atoms with Crippen LogP contribution < -0.4 is 15.6 Å². The highest BCUT2D eigenvalue weighted by atomic mass is 32.4. The van der Waals surface area contributed by atoms with Crippen LogP contribution in [0.25, 0.3) is 11.2 Å². The minimum atomic E-state index is -1.55. The van der Waals surface area contributed by atoms with Gasteiger partial charge in [0.25, 0.3) is 0 Å². The van der Waals surface area contributed by atoms with E-state index in [9.17, 15) is 5.11 Å². The molecule has 168 valence electrons. The Morgan fingerprint density at radius 1 is 1.34 bits per heavy atom. The van der Waals surface area contributed by atoms with Gasteiger partial charge in [0.05, 0.1) is 12.4 Å². The minimum Gasteiger partial charge on any atom is -0.385 e. The molecule has 32 heavy (non-hydrogen) atoms. The largest absolute Gasteiger partial charge is 0.573 e. The number of fused-ring (bicyclic) bond motifs is 1. The van der Waals surface area contributed by atoms with Gasteiger partial charge < -0.3 is 20.9 Å². The number of hydrogen-bond donors (Lipinski definition) is 3. The normalized spacial score (nSPS) is 25.8. The number of anilines is 2. The molecular weight excluding hydrogens is 451 g/mol. The van der Waals surface area contributed by atoms with Crippen molar-refractivity contribution in [3.8, 4) is 5.75 Å². The van der Waals surface area contributed by atoms with Crippen LogP contribution in [0.15, 0.2) is 36.7 Å². The molecule has 1 aromatic carbocycles. The number of benzene rings is 1. The predicted octanol–water partition coefficient (Wildman–Crippen LogP) is 2.89. The van der Waals surface area contributed by atoms with Crippen LogP contribution in [-0.2, 0) is 21.1 Å². The van der Waals surface area contributed by atoms with Crippen molar-refractivity contribution in [2.24, 2.45) is 0 Å². The molecule has 3 heterocycles. The number of nitrogens with one attached hydrogen (secondary N) is 1. The Balaban J connectivity index is 1.29. The molecule has 0 bridgehead atoms. The summed E-state index contributed by atoms with van der Waals surface area (Å²) in [6.07, 6.45) is 3.05. The van der Waals surface area contributed by atoms with Gasteiger partial charge in [-0.2, -0.15) is 9.97 Å². The van der Waals surface area contributed by atoms with Gasteiger partial charge in [-0.3, -0.25) is 9.09 Å². The Bertz CT molecular complexity index is 1140. The van der Waals surface area contributed by atoms with Gasteiger partial charge >= 0.3 is 7.15 Å². The molecule has 3 aromatic rings. The average molecular weight is 475 g/mol. The summed E-state index contributed by atoms with van der Waals surface area (Å²) in [4.78, 5) is 13.1. The van der Waals surface area contributed by atoms with Gasteiger partial charge in [-0.15, -0.1) is 4.52 Å². The predicted molar refractivity (Wildman–Crippen MR) is 123 cm³/mol. The van der Waals surface area contributed by atoms with Gasteiger partial charge in [-0.05, 0) is 31.9 Å². The molecule has 4 N–H and O–H groups in total. The average Bonchev–Trinajstić information content (AvgIpc) is 3.38. The maximum atomic E-state index is 11.1. The number of nitrogen functional groups attached to an aromatic ring is 1. The lowest BCUT2D eigenvalue weighted by Gasteiger charge is -2.25. The van der Waals surface area contributed by atoms with Crippen molar-refractivity contribution in [2.45, 2.75) is 50.2 Å². The molecule has 4 unspecified atom stereocenters. The maximum Gasteiger partial charge on any atom is 0.573 e. The summed E-state index contributed by atoms with van der Waals surface area (Å²) in [6, 6.07) is 9.66. The summed E-state index contributed by atoms with van der Waals surface area (Å²) in [5.41, 5.74) is 5.86. The van der Waals surface area contributed by atoms with E-state index in [2.05, 4.69) is 20.3 Å². The number of ether oxygens (including phenoxy) is 1. The number of nitrogens with zero attached hydrogens (tertiary/aromatic N) is 4. The highest BCUT2D eigenvalue weighted by molar-refractivity contribution is 8.00. The van der Waals surface area contributed by atoms with E-state index >= 15 is 0 Å². The smallest absolute Gasteiger partial charge is 0.385 e. The topological polar surface area (TPSA) is 130 Å². The van der Waals surface area contributed by atoms with Crippen LogP contribution in [0.4, 0.5) is 11.8 Å². The van der Waals surface area contributed by atoms with Gasteiger partial charge in [0.1, 0.15) is 12.2 Å². The highest BCUT2D eigenvalue weighted by Crippen LogP contribution is 2.41. The second kappa shape index (κ2) is 8.49. The monoisotopic (exact) mass is 475 g/mol. The third-order valence-electron chi connectivity index (χ3n) is 5.39. The van der Waals surface area contributed by atoms with E-state index in [-0.39, 0.29) is 18.7 Å². The van der Waals surface area contributed by atoms with Crippen molar-refractivity contribution in [3.05, 3.63) is 36.7 Å². The standard InChI is InChI=1S/C20H24N6O4PS/c1-20(27)9-14(10-28-31(32)30-13-5-3-2-4-6-13)29-18(20)26-11-22-15-16(23-12-7-8-12)24-19(21)25-17(15)26/h2-6,11-12,14,18,27H,7-10H2,1H3,(H3,21,23,24,25)/q+1. The minimum absolute atomic E-state index is 0.134. The van der Waals surface area contributed by atoms with E-state index in [0.29, 0.717) is 35.2 Å². The van der Waals surface area contributed by atoms with Crippen LogP contribution in [0.1, 0.15) is 32.4 Å². The van der Waals surface area contributed by atoms with Gasteiger partial charge in [-0.25, -0.2) is 4.98 Å². The molecule has 12 heteroatoms. The second-order valence-corrected chi connectivity index (χ2v) is 10.1. The van der Waals surface area contributed by atoms with E-state index in [1.54, 1.807) is 17.8 Å². The van der Waals surface area contributed by atoms with Crippen molar-refractivity contribution >= 4 is 41.9 Å². The second-order valence-electron chi connectivity index (χ2n) is 8.27. The molecule has 10 nitrogen and oxygen atoms in total. The lowest BCUT2D eigenvalue weighted by Crippen LogP contribution is -2.32. The summed E-state index contributed by atoms with van der Waals surface area (Å²) < 4.78 is 19.2. The first-order valence-electron chi connectivity index (χ1n) is 10.4. The van der Waals surface area contributed by atoms with Gasteiger partial charge in [0.2, 0.25) is 17.8 Å². The van der Waals surface area contributed by atoms with Crippen LogP contribution in [0, 0.1) is 0 Å². The zero-order chi connectivity index (χ0) is 22.3. The van der Waals surface area contributed by atoms with E-state index in [1.807, 2.05) is 30.3 Å². The van der Waals surface area contributed by atoms with Gasteiger partial charge in [0.15, 0.2) is 29.0 Å². The molecule has 0 spiro atoms. The molecule has 4 atom stereocenters. The van der Waals surface area contributed by atoms with E-state index in [4.69, 9.17) is 31.3 Å². The Morgan fingerprint density at radius 3 is 2.88 bits per heavy atom. The lowest BCUT2D eigenvalue weighted by atomic mass is 10.0. The third-order valence-corrected chi connectivity index (χ3v) is 6.65. The molecule has 0 amide bonds. The number of imidazole rings is 1. The first-order valence-corrected chi connectivity index (χ1v) is 12.6. The van der Waals surface area contributed by atoms with Crippen molar-refractivity contribution in [3.63, 3.8) is 0 Å². The van der Waals surface area contributed by atoms with E-state index in [0.717, 1.165) is 12.8 Å². The molecule has 1 saturated carbocycles. The van der Waals surface area contributed by atoms with Crippen LogP contribution in [0.2, 0.25) is 0 Å². The third kappa shape index (κ3) is 4.53. The zero-order valence-corrected chi connectivity index (χ0v) is 19.1. The summed E-state index contributed by atoms with van der Waals surface area (Å²) in [6.45, 7) is 1.92. The zero-order valence-electron chi connectivity index (χ0n) is 17.4. The van der Waals surface area contributed by atoms with Crippen molar-refractivity contribution in [1.29, 1.82) is 0 Å². The van der Waals surface area contributed by atoms with Crippen LogP contribution >= 0.6 is 7.15 Å². The number of para-hydroxylation sites is 1. The number of aromatic nitrogens is 4. The number of hydrogen-bond acceptors (Lipinski definition) is 10. The molecule has 1 aliphatic carbocycles. The van der Waals surface area contributed by atoms with Gasteiger partial charge in [0, 0.05) is 12.5 Å². The van der Waals surface area contributed by atoms with Crippen molar-refractivity contribution in [1.82, 2.24) is 19.5 Å².